The molecule has 0 spiro atoms. The summed E-state index contributed by atoms with van der Waals surface area (Å²) in [5.74, 6) is -1.85. The minimum atomic E-state index is -4.61. The highest BCUT2D eigenvalue weighted by Gasteiger charge is 2.45. The molecular formula is C21H26F6O2. The minimum absolute atomic E-state index is 0.111. The van der Waals surface area contributed by atoms with Crippen LogP contribution in [-0.2, 0) is 17.8 Å². The van der Waals surface area contributed by atoms with Gasteiger partial charge in [-0.25, -0.2) is 4.39 Å². The first-order chi connectivity index (χ1) is 13.6. The Bertz CT molecular complexity index is 695. The summed E-state index contributed by atoms with van der Waals surface area (Å²) in [5, 5.41) is 0. The van der Waals surface area contributed by atoms with Crippen LogP contribution in [0.2, 0.25) is 0 Å². The van der Waals surface area contributed by atoms with Gasteiger partial charge in [-0.2, -0.15) is 22.0 Å². The molecule has 2 nitrogen and oxygen atoms in total. The van der Waals surface area contributed by atoms with E-state index in [9.17, 15) is 26.3 Å². The predicted octanol–water partition coefficient (Wildman–Crippen LogP) is 6.80. The van der Waals surface area contributed by atoms with Gasteiger partial charge in [0, 0.05) is 12.5 Å². The van der Waals surface area contributed by atoms with Gasteiger partial charge in [-0.3, -0.25) is 0 Å². The number of hydrogen-bond acceptors (Lipinski definition) is 2. The van der Waals surface area contributed by atoms with Gasteiger partial charge in [0.05, 0.1) is 12.5 Å². The second-order valence-electron chi connectivity index (χ2n) is 8.11. The summed E-state index contributed by atoms with van der Waals surface area (Å²) in [6, 6.07) is 1.91. The maximum Gasteiger partial charge on any atom is 0.414 e. The molecule has 2 aliphatic rings. The lowest BCUT2D eigenvalue weighted by molar-refractivity contribution is -0.227. The van der Waals surface area contributed by atoms with Crippen LogP contribution in [0.25, 0.3) is 0 Å². The molecule has 0 bridgehead atoms. The highest BCUT2D eigenvalue weighted by Crippen LogP contribution is 2.42. The highest BCUT2D eigenvalue weighted by molar-refractivity contribution is 5.38. The average Bonchev–Trinajstić information content (AvgIpc) is 2.65. The van der Waals surface area contributed by atoms with Gasteiger partial charge in [0.2, 0.25) is 0 Å². The second kappa shape index (κ2) is 8.74. The van der Waals surface area contributed by atoms with Crippen molar-refractivity contribution in [1.82, 2.24) is 0 Å². The van der Waals surface area contributed by atoms with Gasteiger partial charge < -0.3 is 9.47 Å². The number of hydrogen-bond donors (Lipinski definition) is 0. The molecule has 0 radical (unpaired) electrons. The van der Waals surface area contributed by atoms with Crippen LogP contribution in [0, 0.1) is 17.7 Å². The first-order valence-electron chi connectivity index (χ1n) is 10.2. The molecule has 0 saturated heterocycles. The normalized spacial score (nSPS) is 25.6. The Labute approximate surface area is 166 Å². The molecule has 1 aromatic carbocycles. The summed E-state index contributed by atoms with van der Waals surface area (Å²) in [5.41, 5.74) is -0.0507. The SMILES string of the molecule is CCCCC1CCC(C(F)(F)Oc2cc(F)c3c(c2)COC(C(F)(F)F)C3)CC1. The molecule has 1 heterocycles. The minimum Gasteiger partial charge on any atom is -0.432 e. The van der Waals surface area contributed by atoms with E-state index in [0.717, 1.165) is 44.2 Å². The summed E-state index contributed by atoms with van der Waals surface area (Å²) < 4.78 is 91.6. The lowest BCUT2D eigenvalue weighted by Gasteiger charge is -2.33. The summed E-state index contributed by atoms with van der Waals surface area (Å²) in [7, 11) is 0. The number of rotatable bonds is 6. The summed E-state index contributed by atoms with van der Waals surface area (Å²) in [6.07, 6.45) is -5.51. The van der Waals surface area contributed by atoms with Crippen molar-refractivity contribution in [2.75, 3.05) is 0 Å². The Balaban J connectivity index is 1.65. The lowest BCUT2D eigenvalue weighted by atomic mass is 9.79. The number of fused-ring (bicyclic) bond motifs is 1. The smallest absolute Gasteiger partial charge is 0.414 e. The quantitative estimate of drug-likeness (QED) is 0.468. The number of ether oxygens (including phenoxy) is 2. The van der Waals surface area contributed by atoms with Crippen molar-refractivity contribution in [1.29, 1.82) is 0 Å². The number of benzene rings is 1. The van der Waals surface area contributed by atoms with E-state index in [1.165, 1.54) is 0 Å². The van der Waals surface area contributed by atoms with E-state index in [4.69, 9.17) is 9.47 Å². The van der Waals surface area contributed by atoms with Gasteiger partial charge in [-0.15, -0.1) is 0 Å². The van der Waals surface area contributed by atoms with Gasteiger partial charge in [0.15, 0.2) is 6.10 Å². The zero-order valence-corrected chi connectivity index (χ0v) is 16.3. The van der Waals surface area contributed by atoms with Crippen molar-refractivity contribution in [3.05, 3.63) is 29.1 Å². The third kappa shape index (κ3) is 5.38. The van der Waals surface area contributed by atoms with Crippen molar-refractivity contribution in [3.63, 3.8) is 0 Å². The van der Waals surface area contributed by atoms with E-state index < -0.39 is 43.2 Å². The largest absolute Gasteiger partial charge is 0.432 e. The lowest BCUT2D eigenvalue weighted by Crippen LogP contribution is -2.38. The van der Waals surface area contributed by atoms with Crippen LogP contribution in [0.5, 0.6) is 5.75 Å². The fourth-order valence-corrected chi connectivity index (χ4v) is 4.25. The van der Waals surface area contributed by atoms with Crippen LogP contribution in [0.4, 0.5) is 26.3 Å². The molecule has 8 heteroatoms. The van der Waals surface area contributed by atoms with E-state index in [-0.39, 0.29) is 16.9 Å². The molecule has 0 amide bonds. The van der Waals surface area contributed by atoms with E-state index >= 15 is 0 Å². The summed E-state index contributed by atoms with van der Waals surface area (Å²) in [6.45, 7) is 1.60. The van der Waals surface area contributed by atoms with Crippen LogP contribution in [0.15, 0.2) is 12.1 Å². The molecule has 3 rings (SSSR count). The predicted molar refractivity (Wildman–Crippen MR) is 95.3 cm³/mol. The molecule has 1 saturated carbocycles. The first-order valence-corrected chi connectivity index (χ1v) is 10.2. The van der Waals surface area contributed by atoms with Crippen LogP contribution >= 0.6 is 0 Å². The van der Waals surface area contributed by atoms with E-state index in [1.807, 2.05) is 0 Å². The molecular weight excluding hydrogens is 398 g/mol. The van der Waals surface area contributed by atoms with Crippen LogP contribution in [-0.4, -0.2) is 18.4 Å². The van der Waals surface area contributed by atoms with Gasteiger partial charge in [0.1, 0.15) is 11.6 Å². The third-order valence-corrected chi connectivity index (χ3v) is 6.00. The molecule has 1 fully saturated rings. The van der Waals surface area contributed by atoms with Crippen molar-refractivity contribution in [2.24, 2.45) is 11.8 Å². The monoisotopic (exact) mass is 424 g/mol. The molecule has 1 atom stereocenters. The van der Waals surface area contributed by atoms with Crippen molar-refractivity contribution < 1.29 is 35.8 Å². The fraction of sp³-hybridized carbons (Fsp3) is 0.714. The maximum absolute atomic E-state index is 14.6. The summed E-state index contributed by atoms with van der Waals surface area (Å²) in [4.78, 5) is 0. The summed E-state index contributed by atoms with van der Waals surface area (Å²) >= 11 is 0. The van der Waals surface area contributed by atoms with E-state index in [2.05, 4.69) is 6.92 Å². The topological polar surface area (TPSA) is 18.5 Å². The number of halogens is 6. The standard InChI is InChI=1S/C21H26F6O2/c1-2-3-4-13-5-7-15(8-6-13)21(26,27)29-16-9-14-12-28-19(20(23,24)25)11-17(14)18(22)10-16/h9-10,13,15,19H,2-8,11-12H2,1H3. The van der Waals surface area contributed by atoms with Gasteiger partial charge in [-0.05, 0) is 48.8 Å². The third-order valence-electron chi connectivity index (χ3n) is 6.00. The number of unbranched alkanes of at least 4 members (excludes halogenated alkanes) is 1. The van der Waals surface area contributed by atoms with Crippen LogP contribution in [0.3, 0.4) is 0 Å². The van der Waals surface area contributed by atoms with Gasteiger partial charge in [-0.1, -0.05) is 26.2 Å². The van der Waals surface area contributed by atoms with Crippen LogP contribution < -0.4 is 4.74 Å². The van der Waals surface area contributed by atoms with Gasteiger partial charge >= 0.3 is 12.3 Å². The van der Waals surface area contributed by atoms with E-state index in [0.29, 0.717) is 18.8 Å². The molecule has 0 aromatic heterocycles. The van der Waals surface area contributed by atoms with Crippen molar-refractivity contribution >= 4 is 0 Å². The molecule has 1 aromatic rings. The Morgan fingerprint density at radius 1 is 1.07 bits per heavy atom. The molecule has 1 unspecified atom stereocenters. The maximum atomic E-state index is 14.6. The average molecular weight is 424 g/mol. The molecule has 29 heavy (non-hydrogen) atoms. The van der Waals surface area contributed by atoms with Crippen molar-refractivity contribution in [2.45, 2.75) is 83.3 Å². The highest BCUT2D eigenvalue weighted by atomic mass is 19.4. The fourth-order valence-electron chi connectivity index (χ4n) is 4.25. The zero-order valence-electron chi connectivity index (χ0n) is 16.3. The molecule has 1 aliphatic heterocycles. The Kier molecular flexibility index (Phi) is 6.70. The Morgan fingerprint density at radius 2 is 1.76 bits per heavy atom. The Morgan fingerprint density at radius 3 is 2.38 bits per heavy atom. The number of alkyl halides is 5. The van der Waals surface area contributed by atoms with Crippen molar-refractivity contribution in [3.8, 4) is 5.75 Å². The molecule has 164 valence electrons. The van der Waals surface area contributed by atoms with E-state index in [1.54, 1.807) is 0 Å². The second-order valence-corrected chi connectivity index (χ2v) is 8.11. The Hall–Kier alpha value is -1.44. The zero-order chi connectivity index (χ0) is 21.2. The molecule has 1 aliphatic carbocycles. The molecule has 0 N–H and O–H groups in total. The van der Waals surface area contributed by atoms with Gasteiger partial charge in [0.25, 0.3) is 0 Å². The van der Waals surface area contributed by atoms with Crippen LogP contribution in [0.1, 0.15) is 63.0 Å². The first kappa shape index (κ1) is 22.2.